The highest BCUT2D eigenvalue weighted by Gasteiger charge is 2.35. The highest BCUT2D eigenvalue weighted by Crippen LogP contribution is 2.28. The average Bonchev–Trinajstić information content (AvgIpc) is 3.05. The lowest BCUT2D eigenvalue weighted by molar-refractivity contribution is -0.143. The second kappa shape index (κ2) is 9.23. The molecule has 4 rings (SSSR count). The van der Waals surface area contributed by atoms with Gasteiger partial charge in [-0.1, -0.05) is 42.5 Å². The van der Waals surface area contributed by atoms with Crippen molar-refractivity contribution < 1.29 is 23.9 Å². The first kappa shape index (κ1) is 21.6. The number of urea groups is 1. The molecule has 3 aromatic carbocycles. The Morgan fingerprint density at radius 3 is 2.59 bits per heavy atom. The zero-order chi connectivity index (χ0) is 22.7. The first-order chi connectivity index (χ1) is 15.4. The quantitative estimate of drug-likeness (QED) is 0.314. The molecule has 3 aromatic rings. The minimum absolute atomic E-state index is 0.0793. The molecule has 32 heavy (non-hydrogen) atoms. The molecule has 0 aromatic heterocycles. The predicted molar refractivity (Wildman–Crippen MR) is 123 cm³/mol. The van der Waals surface area contributed by atoms with E-state index in [1.165, 1.54) is 18.6 Å². The molecule has 1 heterocycles. The molecule has 1 fully saturated rings. The van der Waals surface area contributed by atoms with Crippen LogP contribution in [-0.2, 0) is 20.9 Å². The van der Waals surface area contributed by atoms with Crippen molar-refractivity contribution in [2.24, 2.45) is 0 Å². The lowest BCUT2D eigenvalue weighted by Gasteiger charge is -2.10. The van der Waals surface area contributed by atoms with Gasteiger partial charge in [-0.15, -0.1) is 0 Å². The van der Waals surface area contributed by atoms with Crippen LogP contribution in [0.1, 0.15) is 11.1 Å². The Morgan fingerprint density at radius 2 is 1.84 bits per heavy atom. The Labute approximate surface area is 192 Å². The second-order valence-electron chi connectivity index (χ2n) is 7.12. The van der Waals surface area contributed by atoms with Crippen molar-refractivity contribution in [1.29, 1.82) is 0 Å². The van der Waals surface area contributed by atoms with Gasteiger partial charge >= 0.3 is 12.0 Å². The van der Waals surface area contributed by atoms with Gasteiger partial charge in [-0.05, 0) is 62.1 Å². The molecule has 3 amide bonds. The summed E-state index contributed by atoms with van der Waals surface area (Å²) < 4.78 is 11.2. The number of carbonyl (C=O) groups is 3. The molecule has 7 nitrogen and oxygen atoms in total. The van der Waals surface area contributed by atoms with Crippen LogP contribution in [0.2, 0.25) is 0 Å². The number of amides is 3. The number of nitrogens with zero attached hydrogens (tertiary/aromatic N) is 1. The van der Waals surface area contributed by atoms with E-state index in [1.807, 2.05) is 18.2 Å². The summed E-state index contributed by atoms with van der Waals surface area (Å²) in [6, 6.07) is 19.0. The van der Waals surface area contributed by atoms with E-state index < -0.39 is 24.5 Å². The normalized spacial score (nSPS) is 14.7. The lowest BCUT2D eigenvalue weighted by atomic mass is 10.1. The molecule has 0 spiro atoms. The SMILES string of the molecule is COC(=O)CN1C(=O)N/C(=C/c2ccc(OCc3ccc4ccccc4c3)c(Br)c2)C1=O. The third kappa shape index (κ3) is 4.65. The van der Waals surface area contributed by atoms with Gasteiger partial charge in [-0.2, -0.15) is 0 Å². The number of imide groups is 1. The van der Waals surface area contributed by atoms with E-state index in [-0.39, 0.29) is 5.70 Å². The zero-order valence-corrected chi connectivity index (χ0v) is 18.7. The van der Waals surface area contributed by atoms with E-state index >= 15 is 0 Å². The molecule has 1 N–H and O–H groups in total. The van der Waals surface area contributed by atoms with E-state index in [2.05, 4.69) is 50.2 Å². The van der Waals surface area contributed by atoms with Crippen LogP contribution < -0.4 is 10.1 Å². The first-order valence-corrected chi connectivity index (χ1v) is 10.6. The number of rotatable bonds is 6. The fourth-order valence-corrected chi connectivity index (χ4v) is 3.80. The Hall–Kier alpha value is -3.65. The molecular formula is C24H19BrN2O5. The standard InChI is InChI=1S/C24H19BrN2O5/c1-31-22(28)13-27-23(29)20(26-24(27)30)12-15-7-9-21(19(25)11-15)32-14-16-6-8-17-4-2-3-5-18(17)10-16/h2-12H,13-14H2,1H3,(H,26,30)/b20-12+. The molecular weight excluding hydrogens is 476 g/mol. The van der Waals surface area contributed by atoms with Crippen LogP contribution in [0.5, 0.6) is 5.75 Å². The predicted octanol–water partition coefficient (Wildman–Crippen LogP) is 4.25. The summed E-state index contributed by atoms with van der Waals surface area (Å²) in [6.45, 7) is -0.0371. The molecule has 0 radical (unpaired) electrons. The molecule has 1 aliphatic heterocycles. The number of hydrogen-bond acceptors (Lipinski definition) is 5. The Bertz CT molecular complexity index is 1250. The first-order valence-electron chi connectivity index (χ1n) is 9.76. The van der Waals surface area contributed by atoms with Gasteiger partial charge in [0, 0.05) is 0 Å². The summed E-state index contributed by atoms with van der Waals surface area (Å²) in [5.41, 5.74) is 1.81. The maximum absolute atomic E-state index is 12.4. The third-order valence-corrected chi connectivity index (χ3v) is 5.57. The van der Waals surface area contributed by atoms with Crippen LogP contribution >= 0.6 is 15.9 Å². The molecule has 0 atom stereocenters. The van der Waals surface area contributed by atoms with Crippen molar-refractivity contribution in [3.05, 3.63) is 82.0 Å². The molecule has 1 aliphatic rings. The second-order valence-corrected chi connectivity index (χ2v) is 7.97. The lowest BCUT2D eigenvalue weighted by Crippen LogP contribution is -2.36. The number of fused-ring (bicyclic) bond motifs is 1. The summed E-state index contributed by atoms with van der Waals surface area (Å²) in [7, 11) is 1.19. The van der Waals surface area contributed by atoms with Crippen molar-refractivity contribution >= 4 is 50.7 Å². The third-order valence-electron chi connectivity index (χ3n) is 4.95. The monoisotopic (exact) mass is 494 g/mol. The number of halogens is 1. The fourth-order valence-electron chi connectivity index (χ4n) is 3.29. The minimum Gasteiger partial charge on any atom is -0.488 e. The Balaban J connectivity index is 1.45. The number of hydrogen-bond donors (Lipinski definition) is 1. The maximum atomic E-state index is 12.4. The summed E-state index contributed by atoms with van der Waals surface area (Å²) in [6.07, 6.45) is 1.54. The van der Waals surface area contributed by atoms with E-state index in [0.29, 0.717) is 22.4 Å². The van der Waals surface area contributed by atoms with Gasteiger partial charge in [0.25, 0.3) is 5.91 Å². The highest BCUT2D eigenvalue weighted by atomic mass is 79.9. The highest BCUT2D eigenvalue weighted by molar-refractivity contribution is 9.10. The number of methoxy groups -OCH3 is 1. The van der Waals surface area contributed by atoms with Crippen molar-refractivity contribution in [1.82, 2.24) is 10.2 Å². The van der Waals surface area contributed by atoms with E-state index in [0.717, 1.165) is 15.8 Å². The van der Waals surface area contributed by atoms with E-state index in [4.69, 9.17) is 4.74 Å². The average molecular weight is 495 g/mol. The van der Waals surface area contributed by atoms with Gasteiger partial charge < -0.3 is 14.8 Å². The smallest absolute Gasteiger partial charge is 0.329 e. The van der Waals surface area contributed by atoms with Crippen LogP contribution in [-0.4, -0.2) is 36.5 Å². The van der Waals surface area contributed by atoms with E-state index in [1.54, 1.807) is 18.2 Å². The summed E-state index contributed by atoms with van der Waals surface area (Å²) >= 11 is 3.49. The van der Waals surface area contributed by atoms with Crippen LogP contribution in [0.15, 0.2) is 70.8 Å². The van der Waals surface area contributed by atoms with Crippen LogP contribution in [0.3, 0.4) is 0 Å². The number of esters is 1. The van der Waals surface area contributed by atoms with Crippen molar-refractivity contribution in [3.8, 4) is 5.75 Å². The van der Waals surface area contributed by atoms with Gasteiger partial charge in [0.1, 0.15) is 24.6 Å². The minimum atomic E-state index is -0.676. The summed E-state index contributed by atoms with van der Waals surface area (Å²) in [4.78, 5) is 36.6. The molecule has 1 saturated heterocycles. The summed E-state index contributed by atoms with van der Waals surface area (Å²) in [5, 5.41) is 4.80. The van der Waals surface area contributed by atoms with Crippen LogP contribution in [0.25, 0.3) is 16.8 Å². The van der Waals surface area contributed by atoms with Gasteiger partial charge in [-0.25, -0.2) is 9.69 Å². The molecule has 0 aliphatic carbocycles. The molecule has 0 unspecified atom stereocenters. The fraction of sp³-hybridized carbons (Fsp3) is 0.125. The Morgan fingerprint density at radius 1 is 1.06 bits per heavy atom. The topological polar surface area (TPSA) is 84.9 Å². The number of nitrogens with one attached hydrogen (secondary N) is 1. The molecule has 162 valence electrons. The summed E-state index contributed by atoms with van der Waals surface area (Å²) in [5.74, 6) is -0.618. The largest absolute Gasteiger partial charge is 0.488 e. The molecule has 8 heteroatoms. The van der Waals surface area contributed by atoms with Crippen LogP contribution in [0, 0.1) is 0 Å². The Kier molecular flexibility index (Phi) is 6.23. The number of carbonyl (C=O) groups excluding carboxylic acids is 3. The number of benzene rings is 3. The molecule has 0 bridgehead atoms. The number of ether oxygens (including phenoxy) is 2. The van der Waals surface area contributed by atoms with Gasteiger partial charge in [0.15, 0.2) is 0 Å². The van der Waals surface area contributed by atoms with Gasteiger partial charge in [0.05, 0.1) is 11.6 Å². The maximum Gasteiger partial charge on any atom is 0.329 e. The molecule has 0 saturated carbocycles. The zero-order valence-electron chi connectivity index (χ0n) is 17.1. The van der Waals surface area contributed by atoms with E-state index in [9.17, 15) is 14.4 Å². The van der Waals surface area contributed by atoms with Gasteiger partial charge in [-0.3, -0.25) is 9.59 Å². The van der Waals surface area contributed by atoms with Crippen molar-refractivity contribution in [3.63, 3.8) is 0 Å². The van der Waals surface area contributed by atoms with Crippen molar-refractivity contribution in [2.75, 3.05) is 13.7 Å². The van der Waals surface area contributed by atoms with Crippen LogP contribution in [0.4, 0.5) is 4.79 Å². The van der Waals surface area contributed by atoms with Crippen molar-refractivity contribution in [2.45, 2.75) is 6.61 Å². The van der Waals surface area contributed by atoms with Gasteiger partial charge in [0.2, 0.25) is 0 Å².